The van der Waals surface area contributed by atoms with Crippen LogP contribution >= 0.6 is 0 Å². The second kappa shape index (κ2) is 16.0. The van der Waals surface area contributed by atoms with E-state index in [-0.39, 0.29) is 0 Å². The minimum absolute atomic E-state index is 0.545. The number of hydrogen-bond donors (Lipinski definition) is 0. The minimum Gasteiger partial charge on any atom is -0.309 e. The fraction of sp³-hybridized carbons (Fsp3) is 0.0149. The van der Waals surface area contributed by atoms with E-state index in [1.807, 2.05) is 0 Å². The molecule has 0 aliphatic heterocycles. The van der Waals surface area contributed by atoms with Crippen molar-refractivity contribution in [1.82, 2.24) is 14.5 Å². The van der Waals surface area contributed by atoms with Gasteiger partial charge in [0.2, 0.25) is 0 Å². The molecule has 11 aromatic carbocycles. The van der Waals surface area contributed by atoms with Gasteiger partial charge in [-0.1, -0.05) is 218 Å². The van der Waals surface area contributed by atoms with Crippen LogP contribution in [0, 0.1) is 0 Å². The molecule has 1 aliphatic rings. The lowest BCUT2D eigenvalue weighted by molar-refractivity contribution is 0.768. The molecule has 0 saturated carbocycles. The maximum Gasteiger partial charge on any atom is 0.160 e. The van der Waals surface area contributed by atoms with E-state index in [9.17, 15) is 0 Å². The lowest BCUT2D eigenvalue weighted by Gasteiger charge is -2.33. The Morgan fingerprint density at radius 1 is 0.314 bits per heavy atom. The van der Waals surface area contributed by atoms with Gasteiger partial charge in [0, 0.05) is 33.2 Å². The number of nitrogens with zero attached hydrogens (tertiary/aromatic N) is 3. The van der Waals surface area contributed by atoms with Crippen LogP contribution in [0.2, 0.25) is 0 Å². The van der Waals surface area contributed by atoms with E-state index >= 15 is 0 Å². The third-order valence-corrected chi connectivity index (χ3v) is 14.6. The van der Waals surface area contributed by atoms with Crippen LogP contribution in [0.3, 0.4) is 0 Å². The molecule has 0 saturated heterocycles. The van der Waals surface area contributed by atoms with E-state index in [0.29, 0.717) is 5.82 Å². The maximum absolute atomic E-state index is 5.54. The number of hydrogen-bond acceptors (Lipinski definition) is 2. The lowest BCUT2D eigenvalue weighted by atomic mass is 9.67. The van der Waals surface area contributed by atoms with Crippen LogP contribution in [-0.2, 0) is 5.41 Å². The number of para-hydroxylation sites is 2. The van der Waals surface area contributed by atoms with Gasteiger partial charge in [0.05, 0.1) is 27.8 Å². The Morgan fingerprint density at radius 2 is 0.843 bits per heavy atom. The van der Waals surface area contributed by atoms with Crippen molar-refractivity contribution >= 4 is 43.4 Å². The standard InChI is InChI=1S/C67H43N3/c1-4-21-44(22-5-1)66-68-61(43-62(69-66)57-34-20-36-60-65(57)56-33-14-17-35-59(56)67(60,48-24-6-2-7-25-48)49-26-8-3-9-27-49)47-39-46(58-42-45-23-10-11-28-51(45)52-29-12-13-30-53(52)58)40-50(41-47)70-63-37-18-15-31-54(63)55-32-16-19-38-64(55)70/h1-43H. The predicted octanol–water partition coefficient (Wildman–Crippen LogP) is 16.9. The summed E-state index contributed by atoms with van der Waals surface area (Å²) in [5.41, 5.74) is 17.2. The molecule has 0 spiro atoms. The third-order valence-electron chi connectivity index (χ3n) is 14.6. The summed E-state index contributed by atoms with van der Waals surface area (Å²) in [5.74, 6) is 0.675. The summed E-state index contributed by atoms with van der Waals surface area (Å²) in [4.78, 5) is 11.1. The molecule has 3 heteroatoms. The van der Waals surface area contributed by atoms with Gasteiger partial charge in [0.25, 0.3) is 0 Å². The molecule has 3 nitrogen and oxygen atoms in total. The molecule has 326 valence electrons. The molecule has 2 heterocycles. The van der Waals surface area contributed by atoms with Crippen molar-refractivity contribution in [2.45, 2.75) is 5.41 Å². The summed E-state index contributed by atoms with van der Waals surface area (Å²) in [6.45, 7) is 0. The molecule has 0 amide bonds. The summed E-state index contributed by atoms with van der Waals surface area (Å²) in [5, 5.41) is 7.33. The van der Waals surface area contributed by atoms with Gasteiger partial charge in [0.1, 0.15) is 0 Å². The zero-order valence-corrected chi connectivity index (χ0v) is 38.2. The quantitative estimate of drug-likeness (QED) is 0.149. The van der Waals surface area contributed by atoms with Crippen LogP contribution in [0.1, 0.15) is 22.3 Å². The van der Waals surface area contributed by atoms with Crippen LogP contribution < -0.4 is 0 Å². The molecule has 0 atom stereocenters. The lowest BCUT2D eigenvalue weighted by Crippen LogP contribution is -2.28. The van der Waals surface area contributed by atoms with Gasteiger partial charge in [-0.25, -0.2) is 9.97 Å². The Bertz CT molecular complexity index is 4080. The fourth-order valence-corrected chi connectivity index (χ4v) is 11.7. The van der Waals surface area contributed by atoms with Gasteiger partial charge >= 0.3 is 0 Å². The molecule has 0 fully saturated rings. The number of rotatable bonds is 7. The largest absolute Gasteiger partial charge is 0.309 e. The first-order valence-corrected chi connectivity index (χ1v) is 24.1. The van der Waals surface area contributed by atoms with Gasteiger partial charge < -0.3 is 4.57 Å². The molecule has 1 aliphatic carbocycles. The Labute approximate surface area is 406 Å². The smallest absolute Gasteiger partial charge is 0.160 e. The topological polar surface area (TPSA) is 30.7 Å². The van der Waals surface area contributed by atoms with E-state index in [0.717, 1.165) is 50.4 Å². The highest BCUT2D eigenvalue weighted by Crippen LogP contribution is 2.58. The summed E-state index contributed by atoms with van der Waals surface area (Å²) in [6.07, 6.45) is 0. The van der Waals surface area contributed by atoms with Crippen molar-refractivity contribution in [3.63, 3.8) is 0 Å². The van der Waals surface area contributed by atoms with Gasteiger partial charge in [-0.3, -0.25) is 0 Å². The average molecular weight is 890 g/mol. The van der Waals surface area contributed by atoms with Crippen molar-refractivity contribution in [1.29, 1.82) is 0 Å². The van der Waals surface area contributed by atoms with Crippen LogP contribution in [-0.4, -0.2) is 14.5 Å². The molecule has 2 aromatic heterocycles. The number of fused-ring (bicyclic) bond motifs is 9. The van der Waals surface area contributed by atoms with Crippen molar-refractivity contribution in [3.05, 3.63) is 283 Å². The molecule has 0 unspecified atom stereocenters. The zero-order chi connectivity index (χ0) is 46.2. The Hall–Kier alpha value is -9.18. The normalized spacial score (nSPS) is 12.7. The van der Waals surface area contributed by atoms with Crippen LogP contribution in [0.5, 0.6) is 0 Å². The van der Waals surface area contributed by atoms with Crippen LogP contribution in [0.15, 0.2) is 261 Å². The Balaban J connectivity index is 1.07. The molecule has 0 N–H and O–H groups in total. The molecule has 0 radical (unpaired) electrons. The molecule has 13 aromatic rings. The highest BCUT2D eigenvalue weighted by molar-refractivity contribution is 6.14. The second-order valence-electron chi connectivity index (χ2n) is 18.4. The van der Waals surface area contributed by atoms with Crippen molar-refractivity contribution in [2.75, 3.05) is 0 Å². The minimum atomic E-state index is -0.545. The highest BCUT2D eigenvalue weighted by Gasteiger charge is 2.46. The Kier molecular flexibility index (Phi) is 9.11. The van der Waals surface area contributed by atoms with Gasteiger partial charge in [-0.2, -0.15) is 0 Å². The molecule has 0 bridgehead atoms. The van der Waals surface area contributed by atoms with E-state index in [1.54, 1.807) is 0 Å². The average Bonchev–Trinajstić information content (AvgIpc) is 3.94. The number of benzene rings is 11. The second-order valence-corrected chi connectivity index (χ2v) is 18.4. The first-order valence-electron chi connectivity index (χ1n) is 24.1. The Morgan fingerprint density at radius 3 is 1.56 bits per heavy atom. The highest BCUT2D eigenvalue weighted by atomic mass is 15.0. The van der Waals surface area contributed by atoms with E-state index in [1.165, 1.54) is 71.3 Å². The molecule has 70 heavy (non-hydrogen) atoms. The third kappa shape index (κ3) is 6.08. The van der Waals surface area contributed by atoms with Gasteiger partial charge in [-0.15, -0.1) is 0 Å². The summed E-state index contributed by atoms with van der Waals surface area (Å²) >= 11 is 0. The van der Waals surface area contributed by atoms with E-state index in [2.05, 4.69) is 265 Å². The number of aromatic nitrogens is 3. The van der Waals surface area contributed by atoms with Crippen LogP contribution in [0.25, 0.3) is 105 Å². The van der Waals surface area contributed by atoms with Gasteiger partial charge in [0.15, 0.2) is 5.82 Å². The monoisotopic (exact) mass is 889 g/mol. The maximum atomic E-state index is 5.54. The summed E-state index contributed by atoms with van der Waals surface area (Å²) < 4.78 is 2.43. The van der Waals surface area contributed by atoms with E-state index < -0.39 is 5.41 Å². The fourth-order valence-electron chi connectivity index (χ4n) is 11.7. The zero-order valence-electron chi connectivity index (χ0n) is 38.2. The first kappa shape index (κ1) is 39.9. The van der Waals surface area contributed by atoms with Crippen LogP contribution in [0.4, 0.5) is 0 Å². The molecule has 14 rings (SSSR count). The van der Waals surface area contributed by atoms with Crippen molar-refractivity contribution in [3.8, 4) is 61.8 Å². The summed E-state index contributed by atoms with van der Waals surface area (Å²) in [6, 6.07) is 94.9. The molecular formula is C67H43N3. The first-order chi connectivity index (χ1) is 34.7. The molecular weight excluding hydrogens is 847 g/mol. The van der Waals surface area contributed by atoms with Crippen molar-refractivity contribution in [2.24, 2.45) is 0 Å². The van der Waals surface area contributed by atoms with Crippen molar-refractivity contribution < 1.29 is 0 Å². The van der Waals surface area contributed by atoms with Gasteiger partial charge in [-0.05, 0) is 109 Å². The summed E-state index contributed by atoms with van der Waals surface area (Å²) in [7, 11) is 0. The van der Waals surface area contributed by atoms with E-state index in [4.69, 9.17) is 9.97 Å². The SMILES string of the molecule is c1ccc(-c2nc(-c3cc(-c4cc5ccccc5c5ccccc45)cc(-n4c5ccccc5c5ccccc54)c3)cc(-c3cccc4c3-c3ccccc3C4(c3ccccc3)c3ccccc3)n2)cc1. The predicted molar refractivity (Wildman–Crippen MR) is 290 cm³/mol.